The van der Waals surface area contributed by atoms with Gasteiger partial charge < -0.3 is 14.2 Å². The first-order valence-electron chi connectivity index (χ1n) is 9.16. The minimum absolute atomic E-state index is 0.179. The second-order valence-electron chi connectivity index (χ2n) is 6.69. The van der Waals surface area contributed by atoms with Gasteiger partial charge in [-0.25, -0.2) is 9.37 Å². The van der Waals surface area contributed by atoms with E-state index in [4.69, 9.17) is 4.74 Å². The van der Waals surface area contributed by atoms with E-state index < -0.39 is 0 Å². The minimum Gasteiger partial charge on any atom is -0.383 e. The fraction of sp³-hybridized carbons (Fsp3) is 0.273. The number of carbonyl (C=O) groups excluding carboxylic acids is 1. The van der Waals surface area contributed by atoms with E-state index in [2.05, 4.69) is 30.1 Å². The highest BCUT2D eigenvalue weighted by molar-refractivity contribution is 5.94. The van der Waals surface area contributed by atoms with E-state index in [1.54, 1.807) is 18.2 Å². The lowest BCUT2D eigenvalue weighted by Crippen LogP contribution is -2.34. The normalized spacial score (nSPS) is 10.8. The van der Waals surface area contributed by atoms with Crippen molar-refractivity contribution < 1.29 is 13.9 Å². The number of amides is 1. The molecule has 0 aliphatic heterocycles. The topological polar surface area (TPSA) is 47.4 Å². The largest absolute Gasteiger partial charge is 0.383 e. The number of methoxy groups -OCH3 is 1. The summed E-state index contributed by atoms with van der Waals surface area (Å²) >= 11 is 0. The zero-order valence-electron chi connectivity index (χ0n) is 16.1. The van der Waals surface area contributed by atoms with Crippen molar-refractivity contribution in [3.63, 3.8) is 0 Å². The Morgan fingerprint density at radius 2 is 2.00 bits per heavy atom. The summed E-state index contributed by atoms with van der Waals surface area (Å²) in [5.41, 5.74) is 2.81. The molecule has 6 heteroatoms. The SMILES string of the molecule is COCCN(Cc1nccn1Cc1cccc(C)c1)C(=O)c1ccc(F)cc1. The number of imidazole rings is 1. The number of carbonyl (C=O) groups is 1. The van der Waals surface area contributed by atoms with Crippen molar-refractivity contribution in [2.75, 3.05) is 20.3 Å². The first kappa shape index (κ1) is 19.8. The van der Waals surface area contributed by atoms with Gasteiger partial charge in [-0.2, -0.15) is 0 Å². The van der Waals surface area contributed by atoms with Gasteiger partial charge in [0.2, 0.25) is 0 Å². The molecule has 0 radical (unpaired) electrons. The van der Waals surface area contributed by atoms with Crippen LogP contribution >= 0.6 is 0 Å². The zero-order chi connectivity index (χ0) is 19.9. The average molecular weight is 381 g/mol. The van der Waals surface area contributed by atoms with E-state index in [1.165, 1.54) is 35.4 Å². The van der Waals surface area contributed by atoms with Crippen LogP contribution in [-0.4, -0.2) is 40.6 Å². The second kappa shape index (κ2) is 9.28. The monoisotopic (exact) mass is 381 g/mol. The molecule has 0 fully saturated rings. The van der Waals surface area contributed by atoms with Gasteiger partial charge in [0, 0.05) is 38.2 Å². The van der Waals surface area contributed by atoms with Crippen molar-refractivity contribution >= 4 is 5.91 Å². The van der Waals surface area contributed by atoms with Crippen molar-refractivity contribution in [1.29, 1.82) is 0 Å². The Kier molecular flexibility index (Phi) is 6.55. The summed E-state index contributed by atoms with van der Waals surface area (Å²) in [7, 11) is 1.60. The van der Waals surface area contributed by atoms with Gasteiger partial charge in [0.1, 0.15) is 11.6 Å². The van der Waals surface area contributed by atoms with Gasteiger partial charge >= 0.3 is 0 Å². The Bertz CT molecular complexity index is 922. The molecule has 0 aliphatic rings. The number of hydrogen-bond acceptors (Lipinski definition) is 3. The Hall–Kier alpha value is -2.99. The van der Waals surface area contributed by atoms with E-state index in [-0.39, 0.29) is 11.7 Å². The van der Waals surface area contributed by atoms with E-state index in [1.807, 2.05) is 16.8 Å². The maximum absolute atomic E-state index is 13.2. The summed E-state index contributed by atoms with van der Waals surface area (Å²) in [6.07, 6.45) is 3.65. The van der Waals surface area contributed by atoms with E-state index in [0.717, 1.165) is 5.82 Å². The molecule has 5 nitrogen and oxygen atoms in total. The molecule has 28 heavy (non-hydrogen) atoms. The molecule has 1 amide bonds. The summed E-state index contributed by atoms with van der Waals surface area (Å²) in [5, 5.41) is 0. The molecule has 0 atom stereocenters. The Labute approximate surface area is 164 Å². The molecule has 0 spiro atoms. The molecule has 3 rings (SSSR count). The highest BCUT2D eigenvalue weighted by Gasteiger charge is 2.18. The lowest BCUT2D eigenvalue weighted by atomic mass is 10.1. The predicted octanol–water partition coefficient (Wildman–Crippen LogP) is 3.67. The molecular weight excluding hydrogens is 357 g/mol. The van der Waals surface area contributed by atoms with Gasteiger partial charge in [-0.1, -0.05) is 29.8 Å². The Morgan fingerprint density at radius 1 is 1.21 bits per heavy atom. The molecule has 0 saturated carbocycles. The smallest absolute Gasteiger partial charge is 0.254 e. The van der Waals surface area contributed by atoms with Crippen LogP contribution < -0.4 is 0 Å². The van der Waals surface area contributed by atoms with Crippen LogP contribution in [0.15, 0.2) is 60.9 Å². The molecule has 0 N–H and O–H groups in total. The van der Waals surface area contributed by atoms with Gasteiger partial charge in [-0.3, -0.25) is 4.79 Å². The molecule has 3 aromatic rings. The molecule has 0 saturated heterocycles. The van der Waals surface area contributed by atoms with Crippen molar-refractivity contribution in [1.82, 2.24) is 14.5 Å². The van der Waals surface area contributed by atoms with Gasteiger partial charge in [0.15, 0.2) is 0 Å². The van der Waals surface area contributed by atoms with Crippen LogP contribution in [0.5, 0.6) is 0 Å². The van der Waals surface area contributed by atoms with Crippen LogP contribution in [0.1, 0.15) is 27.3 Å². The molecule has 1 heterocycles. The number of aryl methyl sites for hydroxylation is 1. The summed E-state index contributed by atoms with van der Waals surface area (Å²) in [6.45, 7) is 3.92. The third-order valence-electron chi connectivity index (χ3n) is 4.51. The second-order valence-corrected chi connectivity index (χ2v) is 6.69. The number of ether oxygens (including phenoxy) is 1. The van der Waals surface area contributed by atoms with Gasteiger partial charge in [0.05, 0.1) is 13.2 Å². The number of benzene rings is 2. The maximum atomic E-state index is 13.2. The molecular formula is C22H24FN3O2. The zero-order valence-corrected chi connectivity index (χ0v) is 16.1. The van der Waals surface area contributed by atoms with Crippen LogP contribution in [0.3, 0.4) is 0 Å². The van der Waals surface area contributed by atoms with Crippen molar-refractivity contribution in [2.24, 2.45) is 0 Å². The number of halogens is 1. The predicted molar refractivity (Wildman–Crippen MR) is 106 cm³/mol. The minimum atomic E-state index is -0.367. The lowest BCUT2D eigenvalue weighted by molar-refractivity contribution is 0.0673. The Morgan fingerprint density at radius 3 is 2.71 bits per heavy atom. The fourth-order valence-corrected chi connectivity index (χ4v) is 3.04. The summed E-state index contributed by atoms with van der Waals surface area (Å²) in [4.78, 5) is 19.0. The van der Waals surface area contributed by atoms with Gasteiger partial charge in [-0.05, 0) is 36.8 Å². The van der Waals surface area contributed by atoms with Crippen molar-refractivity contribution in [2.45, 2.75) is 20.0 Å². The quantitative estimate of drug-likeness (QED) is 0.598. The lowest BCUT2D eigenvalue weighted by Gasteiger charge is -2.23. The van der Waals surface area contributed by atoms with Gasteiger partial charge in [0.25, 0.3) is 5.91 Å². The highest BCUT2D eigenvalue weighted by Crippen LogP contribution is 2.13. The third kappa shape index (κ3) is 5.04. The number of aromatic nitrogens is 2. The Balaban J connectivity index is 1.78. The maximum Gasteiger partial charge on any atom is 0.254 e. The van der Waals surface area contributed by atoms with Gasteiger partial charge in [-0.15, -0.1) is 0 Å². The summed E-state index contributed by atoms with van der Waals surface area (Å²) < 4.78 is 20.4. The molecule has 0 aliphatic carbocycles. The molecule has 0 bridgehead atoms. The van der Waals surface area contributed by atoms with Crippen molar-refractivity contribution in [3.8, 4) is 0 Å². The third-order valence-corrected chi connectivity index (χ3v) is 4.51. The van der Waals surface area contributed by atoms with Crippen LogP contribution in [0.25, 0.3) is 0 Å². The van der Waals surface area contributed by atoms with Crippen LogP contribution in [0.4, 0.5) is 4.39 Å². The summed E-state index contributed by atoms with van der Waals surface area (Å²) in [5.74, 6) is 0.240. The fourth-order valence-electron chi connectivity index (χ4n) is 3.04. The first-order valence-corrected chi connectivity index (χ1v) is 9.16. The number of hydrogen-bond donors (Lipinski definition) is 0. The summed E-state index contributed by atoms with van der Waals surface area (Å²) in [6, 6.07) is 13.9. The highest BCUT2D eigenvalue weighted by atomic mass is 19.1. The van der Waals surface area contributed by atoms with Crippen LogP contribution in [-0.2, 0) is 17.8 Å². The number of rotatable bonds is 8. The van der Waals surface area contributed by atoms with Crippen LogP contribution in [0.2, 0.25) is 0 Å². The van der Waals surface area contributed by atoms with E-state index in [9.17, 15) is 9.18 Å². The average Bonchev–Trinajstić information content (AvgIpc) is 3.12. The van der Waals surface area contributed by atoms with E-state index >= 15 is 0 Å². The molecule has 0 unspecified atom stereocenters. The first-order chi connectivity index (χ1) is 13.6. The molecule has 146 valence electrons. The standard InChI is InChI=1S/C22H24FN3O2/c1-17-4-3-5-18(14-17)15-25-11-10-24-21(25)16-26(12-13-28-2)22(27)19-6-8-20(23)9-7-19/h3-11,14H,12-13,15-16H2,1-2H3. The van der Waals surface area contributed by atoms with E-state index in [0.29, 0.717) is 31.8 Å². The van der Waals surface area contributed by atoms with Crippen molar-refractivity contribution in [3.05, 3.63) is 89.3 Å². The molecule has 1 aromatic heterocycles. The number of nitrogens with zero attached hydrogens (tertiary/aromatic N) is 3. The molecule has 2 aromatic carbocycles. The van der Waals surface area contributed by atoms with Crippen LogP contribution in [0, 0.1) is 12.7 Å².